The number of unbranched alkanes of at least 4 members (excludes halogenated alkanes) is 3. The molecule has 6 heteroatoms. The summed E-state index contributed by atoms with van der Waals surface area (Å²) in [5.74, 6) is 5.70. The van der Waals surface area contributed by atoms with Crippen LogP contribution in [0, 0.1) is 11.8 Å². The van der Waals surface area contributed by atoms with Crippen LogP contribution < -0.4 is 10.6 Å². The predicted molar refractivity (Wildman–Crippen MR) is 124 cm³/mol. The number of nitrogens with one attached hydrogen (secondary N) is 2. The number of amides is 3. The molecule has 0 saturated heterocycles. The summed E-state index contributed by atoms with van der Waals surface area (Å²) < 4.78 is 5.59. The summed E-state index contributed by atoms with van der Waals surface area (Å²) in [6, 6.07) is 15.2. The lowest BCUT2D eigenvalue weighted by molar-refractivity contribution is 0.0967. The fraction of sp³-hybridized carbons (Fsp3) is 0.333. The van der Waals surface area contributed by atoms with E-state index in [0.29, 0.717) is 24.3 Å². The first-order valence-corrected chi connectivity index (χ1v) is 11.2. The zero-order valence-corrected chi connectivity index (χ0v) is 18.5. The van der Waals surface area contributed by atoms with Crippen molar-refractivity contribution in [3.63, 3.8) is 0 Å². The Morgan fingerprint density at radius 3 is 2.53 bits per heavy atom. The van der Waals surface area contributed by atoms with Crippen molar-refractivity contribution in [1.82, 2.24) is 5.32 Å². The first-order valence-electron chi connectivity index (χ1n) is 10.1. The van der Waals surface area contributed by atoms with E-state index >= 15 is 0 Å². The van der Waals surface area contributed by atoms with Crippen LogP contribution >= 0.6 is 15.9 Å². The van der Waals surface area contributed by atoms with Crippen molar-refractivity contribution in [3.8, 4) is 11.8 Å². The number of alkyl halides is 1. The van der Waals surface area contributed by atoms with E-state index < -0.39 is 11.9 Å². The lowest BCUT2D eigenvalue weighted by Crippen LogP contribution is -2.34. The van der Waals surface area contributed by atoms with Gasteiger partial charge < -0.3 is 10.1 Å². The monoisotopic (exact) mass is 470 g/mol. The molecule has 0 atom stereocenters. The zero-order chi connectivity index (χ0) is 21.4. The molecule has 3 amide bonds. The molecule has 0 aliphatic rings. The zero-order valence-electron chi connectivity index (χ0n) is 17.0. The van der Waals surface area contributed by atoms with Crippen LogP contribution in [-0.4, -0.2) is 30.5 Å². The minimum absolute atomic E-state index is 0.424. The molecular weight excluding hydrogens is 444 g/mol. The van der Waals surface area contributed by atoms with Crippen molar-refractivity contribution in [3.05, 3.63) is 65.7 Å². The maximum absolute atomic E-state index is 12.1. The van der Waals surface area contributed by atoms with Crippen LogP contribution in [0.4, 0.5) is 10.5 Å². The molecule has 0 unspecified atom stereocenters. The largest absolute Gasteiger partial charge is 0.380 e. The number of halogens is 1. The summed E-state index contributed by atoms with van der Waals surface area (Å²) >= 11 is 3.43. The normalized spacial score (nSPS) is 10.0. The summed E-state index contributed by atoms with van der Waals surface area (Å²) in [6.45, 7) is 1.40. The predicted octanol–water partition coefficient (Wildman–Crippen LogP) is 5.36. The first-order chi connectivity index (χ1) is 14.7. The van der Waals surface area contributed by atoms with Gasteiger partial charge in [0, 0.05) is 35.2 Å². The van der Waals surface area contributed by atoms with Crippen LogP contribution in [0.15, 0.2) is 54.6 Å². The van der Waals surface area contributed by atoms with Crippen LogP contribution in [0.2, 0.25) is 0 Å². The van der Waals surface area contributed by atoms with Gasteiger partial charge in [-0.1, -0.05) is 64.9 Å². The molecule has 0 aliphatic carbocycles. The highest BCUT2D eigenvalue weighted by atomic mass is 79.9. The van der Waals surface area contributed by atoms with Crippen LogP contribution in [0.1, 0.15) is 48.0 Å². The molecule has 0 fully saturated rings. The lowest BCUT2D eigenvalue weighted by Gasteiger charge is -2.07. The van der Waals surface area contributed by atoms with Gasteiger partial charge in [0.25, 0.3) is 5.91 Å². The highest BCUT2D eigenvalue weighted by molar-refractivity contribution is 9.09. The highest BCUT2D eigenvalue weighted by Crippen LogP contribution is 2.10. The molecule has 0 saturated carbocycles. The van der Waals surface area contributed by atoms with E-state index in [4.69, 9.17) is 4.74 Å². The second kappa shape index (κ2) is 14.4. The number of hydrogen-bond acceptors (Lipinski definition) is 3. The van der Waals surface area contributed by atoms with Crippen LogP contribution in [0.5, 0.6) is 0 Å². The fourth-order valence-electron chi connectivity index (χ4n) is 2.64. The van der Waals surface area contributed by atoms with E-state index in [1.54, 1.807) is 36.4 Å². The number of imide groups is 1. The first kappa shape index (κ1) is 23.7. The molecule has 30 heavy (non-hydrogen) atoms. The number of carbonyl (C=O) groups excluding carboxylic acids is 2. The molecule has 2 aromatic rings. The molecule has 2 N–H and O–H groups in total. The third-order valence-electron chi connectivity index (χ3n) is 4.16. The Morgan fingerprint density at radius 2 is 1.73 bits per heavy atom. The van der Waals surface area contributed by atoms with Gasteiger partial charge in [-0.15, -0.1) is 0 Å². The van der Waals surface area contributed by atoms with Crippen molar-refractivity contribution in [1.29, 1.82) is 0 Å². The van der Waals surface area contributed by atoms with E-state index in [1.807, 2.05) is 18.2 Å². The van der Waals surface area contributed by atoms with Gasteiger partial charge in [-0.05, 0) is 43.2 Å². The number of benzene rings is 2. The smallest absolute Gasteiger partial charge is 0.326 e. The Balaban J connectivity index is 1.71. The second-order valence-electron chi connectivity index (χ2n) is 6.62. The maximum atomic E-state index is 12.1. The number of hydrogen-bond donors (Lipinski definition) is 2. The molecular formula is C24H27BrN2O3. The molecule has 158 valence electrons. The number of anilines is 1. The minimum Gasteiger partial charge on any atom is -0.380 e. The molecule has 0 bridgehead atoms. The Labute approximate surface area is 186 Å². The molecule has 0 spiro atoms. The van der Waals surface area contributed by atoms with E-state index in [9.17, 15) is 9.59 Å². The van der Waals surface area contributed by atoms with Crippen LogP contribution in [0.3, 0.4) is 0 Å². The van der Waals surface area contributed by atoms with Crippen molar-refractivity contribution in [2.24, 2.45) is 0 Å². The molecule has 0 radical (unpaired) electrons. The summed E-state index contributed by atoms with van der Waals surface area (Å²) in [7, 11) is 0. The minimum atomic E-state index is -0.585. The number of rotatable bonds is 10. The molecule has 5 nitrogen and oxygen atoms in total. The Morgan fingerprint density at radius 1 is 0.933 bits per heavy atom. The van der Waals surface area contributed by atoms with Crippen LogP contribution in [0.25, 0.3) is 0 Å². The van der Waals surface area contributed by atoms with Gasteiger partial charge in [-0.2, -0.15) is 0 Å². The topological polar surface area (TPSA) is 67.4 Å². The molecule has 0 heterocycles. The average Bonchev–Trinajstić information content (AvgIpc) is 2.76. The third-order valence-corrected chi connectivity index (χ3v) is 4.72. The average molecular weight is 471 g/mol. The van der Waals surface area contributed by atoms with Gasteiger partial charge >= 0.3 is 6.03 Å². The van der Waals surface area contributed by atoms with E-state index in [-0.39, 0.29) is 0 Å². The van der Waals surface area contributed by atoms with Gasteiger partial charge in [0.2, 0.25) is 0 Å². The summed E-state index contributed by atoms with van der Waals surface area (Å²) in [4.78, 5) is 24.1. The van der Waals surface area contributed by atoms with Crippen molar-refractivity contribution in [2.75, 3.05) is 23.9 Å². The summed E-state index contributed by atoms with van der Waals surface area (Å²) in [6.07, 6.45) is 5.39. The SMILES string of the molecule is O=C(NC(=O)c1ccccc1)Nc1cccc(C#CCCOCCCCCCBr)c1. The van der Waals surface area contributed by atoms with E-state index in [1.165, 1.54) is 19.3 Å². The standard InChI is InChI=1S/C24H27BrN2O3/c25-16-7-1-2-8-17-30-18-9-6-11-20-12-10-15-22(19-20)26-24(29)27-23(28)21-13-4-3-5-14-21/h3-5,10,12-15,19H,1-2,7-9,16-18H2,(H2,26,27,28,29). The molecule has 2 rings (SSSR count). The van der Waals surface area contributed by atoms with Gasteiger partial charge in [0.05, 0.1) is 6.61 Å². The summed E-state index contributed by atoms with van der Waals surface area (Å²) in [5, 5.41) is 6.03. The Bertz CT molecular complexity index is 859. The van der Waals surface area contributed by atoms with E-state index in [2.05, 4.69) is 38.4 Å². The van der Waals surface area contributed by atoms with Gasteiger partial charge in [-0.25, -0.2) is 4.79 Å². The third kappa shape index (κ3) is 9.73. The number of urea groups is 1. The number of carbonyl (C=O) groups is 2. The quantitative estimate of drug-likeness (QED) is 0.279. The fourth-order valence-corrected chi connectivity index (χ4v) is 3.04. The Kier molecular flexibility index (Phi) is 11.3. The maximum Gasteiger partial charge on any atom is 0.326 e. The van der Waals surface area contributed by atoms with Gasteiger partial charge in [-0.3, -0.25) is 10.1 Å². The van der Waals surface area contributed by atoms with Crippen molar-refractivity contribution in [2.45, 2.75) is 32.1 Å². The number of ether oxygens (including phenoxy) is 1. The lowest BCUT2D eigenvalue weighted by atomic mass is 10.2. The summed E-state index contributed by atoms with van der Waals surface area (Å²) in [5.41, 5.74) is 1.78. The molecule has 2 aromatic carbocycles. The second-order valence-corrected chi connectivity index (χ2v) is 7.42. The highest BCUT2D eigenvalue weighted by Gasteiger charge is 2.09. The molecule has 0 aromatic heterocycles. The van der Waals surface area contributed by atoms with Crippen molar-refractivity contribution >= 4 is 33.6 Å². The van der Waals surface area contributed by atoms with Crippen molar-refractivity contribution < 1.29 is 14.3 Å². The van der Waals surface area contributed by atoms with E-state index in [0.717, 1.165) is 23.9 Å². The van der Waals surface area contributed by atoms with Gasteiger partial charge in [0.15, 0.2) is 0 Å². The Hall–Kier alpha value is -2.62. The van der Waals surface area contributed by atoms with Crippen LogP contribution in [-0.2, 0) is 4.74 Å². The molecule has 0 aliphatic heterocycles. The van der Waals surface area contributed by atoms with Gasteiger partial charge in [0.1, 0.15) is 0 Å².